The summed E-state index contributed by atoms with van der Waals surface area (Å²) >= 11 is 6.85. The van der Waals surface area contributed by atoms with Crippen molar-refractivity contribution in [1.29, 1.82) is 0 Å². The number of aryl methyl sites for hydroxylation is 1. The lowest BCUT2D eigenvalue weighted by atomic mass is 10.1. The van der Waals surface area contributed by atoms with Gasteiger partial charge in [0, 0.05) is 4.47 Å². The molecule has 0 amide bonds. The van der Waals surface area contributed by atoms with Crippen molar-refractivity contribution in [3.05, 3.63) is 33.8 Å². The van der Waals surface area contributed by atoms with Crippen molar-refractivity contribution >= 4 is 37.6 Å². The fourth-order valence-corrected chi connectivity index (χ4v) is 2.20. The molecule has 1 aromatic carbocycles. The molecule has 1 rings (SSSR count). The standard InChI is InChI=1S/C11H12Br2O/c1-3-8-4-5-9(6-10(8)12)11(13)7(2)14/h4-6,11H,3H2,1-2H3. The summed E-state index contributed by atoms with van der Waals surface area (Å²) in [6.45, 7) is 3.69. The molecule has 1 atom stereocenters. The molecule has 0 aliphatic heterocycles. The van der Waals surface area contributed by atoms with E-state index >= 15 is 0 Å². The zero-order chi connectivity index (χ0) is 10.7. The monoisotopic (exact) mass is 318 g/mol. The quantitative estimate of drug-likeness (QED) is 0.769. The Morgan fingerprint density at radius 1 is 1.50 bits per heavy atom. The topological polar surface area (TPSA) is 17.1 Å². The lowest BCUT2D eigenvalue weighted by Gasteiger charge is -2.08. The van der Waals surface area contributed by atoms with E-state index < -0.39 is 0 Å². The molecule has 0 radical (unpaired) electrons. The van der Waals surface area contributed by atoms with Crippen LogP contribution in [0.3, 0.4) is 0 Å². The second kappa shape index (κ2) is 5.08. The van der Waals surface area contributed by atoms with E-state index in [0.29, 0.717) is 0 Å². The molecule has 3 heteroatoms. The molecule has 14 heavy (non-hydrogen) atoms. The van der Waals surface area contributed by atoms with Crippen molar-refractivity contribution in [2.75, 3.05) is 0 Å². The van der Waals surface area contributed by atoms with Crippen molar-refractivity contribution in [1.82, 2.24) is 0 Å². The molecule has 0 bridgehead atoms. The van der Waals surface area contributed by atoms with Crippen LogP contribution >= 0.6 is 31.9 Å². The number of alkyl halides is 1. The minimum atomic E-state index is -0.190. The molecular weight excluding hydrogens is 308 g/mol. The highest BCUT2D eigenvalue weighted by Crippen LogP contribution is 2.28. The van der Waals surface area contributed by atoms with E-state index in [0.717, 1.165) is 16.5 Å². The van der Waals surface area contributed by atoms with Crippen LogP contribution in [0.25, 0.3) is 0 Å². The van der Waals surface area contributed by atoms with Gasteiger partial charge in [-0.25, -0.2) is 0 Å². The minimum Gasteiger partial charge on any atom is -0.298 e. The normalized spacial score (nSPS) is 12.6. The molecule has 1 aromatic rings. The van der Waals surface area contributed by atoms with Crippen LogP contribution in [0.5, 0.6) is 0 Å². The Bertz CT molecular complexity index is 347. The molecule has 0 N–H and O–H groups in total. The number of halogens is 2. The number of benzene rings is 1. The summed E-state index contributed by atoms with van der Waals surface area (Å²) < 4.78 is 1.07. The lowest BCUT2D eigenvalue weighted by Crippen LogP contribution is -2.01. The van der Waals surface area contributed by atoms with Crippen molar-refractivity contribution in [3.8, 4) is 0 Å². The Morgan fingerprint density at radius 2 is 2.14 bits per heavy atom. The van der Waals surface area contributed by atoms with Gasteiger partial charge in [0.15, 0.2) is 0 Å². The van der Waals surface area contributed by atoms with Gasteiger partial charge in [0.1, 0.15) is 5.78 Å². The summed E-state index contributed by atoms with van der Waals surface area (Å²) in [6, 6.07) is 6.04. The van der Waals surface area contributed by atoms with Crippen LogP contribution in [0.15, 0.2) is 22.7 Å². The predicted octanol–water partition coefficient (Wildman–Crippen LogP) is 4.04. The van der Waals surface area contributed by atoms with Gasteiger partial charge in [-0.2, -0.15) is 0 Å². The molecular formula is C11H12Br2O. The minimum absolute atomic E-state index is 0.126. The summed E-state index contributed by atoms with van der Waals surface area (Å²) in [5.74, 6) is 0.126. The maximum atomic E-state index is 11.1. The Labute approximate surface area is 101 Å². The molecule has 0 spiro atoms. The van der Waals surface area contributed by atoms with Crippen LogP contribution in [0.2, 0.25) is 0 Å². The first kappa shape index (κ1) is 11.9. The summed E-state index contributed by atoms with van der Waals surface area (Å²) in [6.07, 6.45) is 0.994. The van der Waals surface area contributed by atoms with Crippen molar-refractivity contribution in [2.45, 2.75) is 25.1 Å². The van der Waals surface area contributed by atoms with Crippen molar-refractivity contribution in [3.63, 3.8) is 0 Å². The molecule has 0 aliphatic carbocycles. The van der Waals surface area contributed by atoms with E-state index in [-0.39, 0.29) is 10.6 Å². The average molecular weight is 320 g/mol. The van der Waals surface area contributed by atoms with Crippen LogP contribution < -0.4 is 0 Å². The number of hydrogen-bond donors (Lipinski definition) is 0. The van der Waals surface area contributed by atoms with Gasteiger partial charge in [-0.05, 0) is 30.5 Å². The van der Waals surface area contributed by atoms with Gasteiger partial charge in [0.25, 0.3) is 0 Å². The number of carbonyl (C=O) groups is 1. The molecule has 0 aliphatic rings. The van der Waals surface area contributed by atoms with E-state index in [1.54, 1.807) is 6.92 Å². The van der Waals surface area contributed by atoms with Gasteiger partial charge in [-0.15, -0.1) is 0 Å². The number of Topliss-reactive ketones (excluding diaryl/α,β-unsaturated/α-hetero) is 1. The summed E-state index contributed by atoms with van der Waals surface area (Å²) in [5, 5.41) is 0. The lowest BCUT2D eigenvalue weighted by molar-refractivity contribution is -0.116. The summed E-state index contributed by atoms with van der Waals surface area (Å²) in [7, 11) is 0. The van der Waals surface area contributed by atoms with Gasteiger partial charge in [-0.3, -0.25) is 4.79 Å². The maximum absolute atomic E-state index is 11.1. The van der Waals surface area contributed by atoms with Crippen LogP contribution in [0.1, 0.15) is 29.8 Å². The highest BCUT2D eigenvalue weighted by atomic mass is 79.9. The maximum Gasteiger partial charge on any atom is 0.147 e. The van der Waals surface area contributed by atoms with Gasteiger partial charge < -0.3 is 0 Å². The zero-order valence-corrected chi connectivity index (χ0v) is 11.4. The van der Waals surface area contributed by atoms with E-state index in [9.17, 15) is 4.79 Å². The number of ketones is 1. The third-order valence-corrected chi connectivity index (χ3v) is 4.02. The fourth-order valence-electron chi connectivity index (χ4n) is 1.24. The van der Waals surface area contributed by atoms with Crippen LogP contribution in [-0.4, -0.2) is 5.78 Å². The number of rotatable bonds is 3. The largest absolute Gasteiger partial charge is 0.298 e. The molecule has 76 valence electrons. The molecule has 1 unspecified atom stereocenters. The third kappa shape index (κ3) is 2.67. The Kier molecular flexibility index (Phi) is 4.32. The first-order chi connectivity index (χ1) is 6.56. The van der Waals surface area contributed by atoms with Crippen LogP contribution in [0.4, 0.5) is 0 Å². The zero-order valence-electron chi connectivity index (χ0n) is 8.18. The first-order valence-electron chi connectivity index (χ1n) is 4.49. The van der Waals surface area contributed by atoms with Gasteiger partial charge in [0.2, 0.25) is 0 Å². The summed E-state index contributed by atoms with van der Waals surface area (Å²) in [5.41, 5.74) is 2.26. The third-order valence-electron chi connectivity index (χ3n) is 2.11. The van der Waals surface area contributed by atoms with E-state index in [2.05, 4.69) is 44.8 Å². The second-order valence-corrected chi connectivity index (χ2v) is 4.95. The van der Waals surface area contributed by atoms with Gasteiger partial charge >= 0.3 is 0 Å². The van der Waals surface area contributed by atoms with Crippen molar-refractivity contribution < 1.29 is 4.79 Å². The van der Waals surface area contributed by atoms with Gasteiger partial charge in [-0.1, -0.05) is 50.9 Å². The molecule has 0 saturated carbocycles. The van der Waals surface area contributed by atoms with E-state index in [4.69, 9.17) is 0 Å². The highest BCUT2D eigenvalue weighted by Gasteiger charge is 2.13. The predicted molar refractivity (Wildman–Crippen MR) is 65.9 cm³/mol. The molecule has 0 heterocycles. The first-order valence-corrected chi connectivity index (χ1v) is 6.20. The number of hydrogen-bond acceptors (Lipinski definition) is 1. The fraction of sp³-hybridized carbons (Fsp3) is 0.364. The van der Waals surface area contributed by atoms with E-state index in [1.807, 2.05) is 12.1 Å². The van der Waals surface area contributed by atoms with Crippen molar-refractivity contribution in [2.24, 2.45) is 0 Å². The molecule has 1 nitrogen and oxygen atoms in total. The second-order valence-electron chi connectivity index (χ2n) is 3.18. The smallest absolute Gasteiger partial charge is 0.147 e. The Morgan fingerprint density at radius 3 is 2.57 bits per heavy atom. The highest BCUT2D eigenvalue weighted by molar-refractivity contribution is 9.10. The average Bonchev–Trinajstić information content (AvgIpc) is 2.16. The SMILES string of the molecule is CCc1ccc(C(Br)C(C)=O)cc1Br. The van der Waals surface area contributed by atoms with Crippen LogP contribution in [-0.2, 0) is 11.2 Å². The Balaban J connectivity index is 3.02. The van der Waals surface area contributed by atoms with Crippen LogP contribution in [0, 0.1) is 0 Å². The Hall–Kier alpha value is -0.150. The molecule has 0 aromatic heterocycles. The molecule has 0 saturated heterocycles. The van der Waals surface area contributed by atoms with Gasteiger partial charge in [0.05, 0.1) is 4.83 Å². The number of carbonyl (C=O) groups excluding carboxylic acids is 1. The summed E-state index contributed by atoms with van der Waals surface area (Å²) in [4.78, 5) is 11.0. The van der Waals surface area contributed by atoms with E-state index in [1.165, 1.54) is 5.56 Å². The molecule has 0 fully saturated rings.